The van der Waals surface area contributed by atoms with E-state index in [9.17, 15) is 15.0 Å². The Labute approximate surface area is 162 Å². The fourth-order valence-electron chi connectivity index (χ4n) is 3.95. The predicted molar refractivity (Wildman–Crippen MR) is 105 cm³/mol. The van der Waals surface area contributed by atoms with Crippen molar-refractivity contribution in [2.45, 2.75) is 89.6 Å². The molecule has 1 saturated carbocycles. The Morgan fingerprint density at radius 3 is 2.59 bits per heavy atom. The van der Waals surface area contributed by atoms with Crippen LogP contribution >= 0.6 is 0 Å². The summed E-state index contributed by atoms with van der Waals surface area (Å²) in [5.41, 5.74) is 6.04. The Bertz CT molecular complexity index is 543. The molecule has 0 unspecified atom stereocenters. The molecular weight excluding hydrogens is 344 g/mol. The highest BCUT2D eigenvalue weighted by atomic mass is 16.3. The first-order valence-corrected chi connectivity index (χ1v) is 10.2. The number of aliphatic hydroxyl groups is 2. The lowest BCUT2D eigenvalue weighted by Gasteiger charge is -2.33. The molecule has 1 amide bonds. The zero-order valence-electron chi connectivity index (χ0n) is 16.6. The molecule has 1 aromatic rings. The highest BCUT2D eigenvalue weighted by Gasteiger charge is 2.32. The first-order chi connectivity index (χ1) is 12.9. The predicted octanol–water partition coefficient (Wildman–Crippen LogP) is 1.43. The first kappa shape index (κ1) is 21.9. The van der Waals surface area contributed by atoms with Crippen molar-refractivity contribution in [2.24, 2.45) is 17.6 Å². The average Bonchev–Trinajstić information content (AvgIpc) is 3.13. The number of nitrogens with two attached hydrogens (primary N) is 1. The Morgan fingerprint density at radius 1 is 1.30 bits per heavy atom. The van der Waals surface area contributed by atoms with E-state index in [1.807, 2.05) is 13.8 Å². The van der Waals surface area contributed by atoms with E-state index in [-0.39, 0.29) is 11.8 Å². The number of aromatic nitrogens is 2. The van der Waals surface area contributed by atoms with Gasteiger partial charge in [0.1, 0.15) is 12.1 Å². The minimum absolute atomic E-state index is 0.268. The van der Waals surface area contributed by atoms with Gasteiger partial charge in [-0.3, -0.25) is 4.79 Å². The van der Waals surface area contributed by atoms with Gasteiger partial charge in [0.2, 0.25) is 5.91 Å². The summed E-state index contributed by atoms with van der Waals surface area (Å²) in [5, 5.41) is 24.0. The fourth-order valence-corrected chi connectivity index (χ4v) is 3.95. The molecule has 0 aromatic carbocycles. The molecule has 5 N–H and O–H groups in total. The van der Waals surface area contributed by atoms with Crippen LogP contribution in [0.4, 0.5) is 0 Å². The minimum atomic E-state index is -0.987. The molecule has 7 heteroatoms. The first-order valence-electron chi connectivity index (χ1n) is 10.2. The van der Waals surface area contributed by atoms with Gasteiger partial charge in [0.25, 0.3) is 0 Å². The van der Waals surface area contributed by atoms with E-state index in [1.54, 1.807) is 23.3 Å². The lowest BCUT2D eigenvalue weighted by Crippen LogP contribution is -2.54. The van der Waals surface area contributed by atoms with Crippen LogP contribution in [0, 0.1) is 11.8 Å². The van der Waals surface area contributed by atoms with Gasteiger partial charge in [0.15, 0.2) is 0 Å². The summed E-state index contributed by atoms with van der Waals surface area (Å²) in [6.45, 7) is 4.34. The summed E-state index contributed by atoms with van der Waals surface area (Å²) >= 11 is 0. The monoisotopic (exact) mass is 380 g/mol. The van der Waals surface area contributed by atoms with Crippen molar-refractivity contribution in [3.05, 3.63) is 18.7 Å². The molecule has 27 heavy (non-hydrogen) atoms. The molecule has 1 heterocycles. The smallest absolute Gasteiger partial charge is 0.239 e. The number of hydrogen-bond donors (Lipinski definition) is 4. The fraction of sp³-hybridized carbons (Fsp3) is 0.800. The molecule has 4 atom stereocenters. The van der Waals surface area contributed by atoms with Crippen molar-refractivity contribution in [1.29, 1.82) is 0 Å². The topological polar surface area (TPSA) is 113 Å². The standard InChI is InChI=1S/C20H36N4O3/c1-14(2)10-18(25)19(26)17(11-15-6-4-3-5-7-15)23-20(27)16(21)12-24-9-8-22-13-24/h8-9,13-19,25-26H,3-7,10-12,21H2,1-2H3,(H,23,27)/t16-,17-,18-,19+/m0/s1. The minimum Gasteiger partial charge on any atom is -0.390 e. The number of imidazole rings is 1. The number of carbonyl (C=O) groups is 1. The maximum atomic E-state index is 12.6. The summed E-state index contributed by atoms with van der Waals surface area (Å²) in [6, 6.07) is -1.22. The Morgan fingerprint density at radius 2 is 2.00 bits per heavy atom. The maximum Gasteiger partial charge on any atom is 0.239 e. The van der Waals surface area contributed by atoms with Gasteiger partial charge < -0.3 is 25.8 Å². The second-order valence-electron chi connectivity index (χ2n) is 8.41. The van der Waals surface area contributed by atoms with Gasteiger partial charge >= 0.3 is 0 Å². The number of nitrogens with one attached hydrogen (secondary N) is 1. The zero-order valence-corrected chi connectivity index (χ0v) is 16.6. The van der Waals surface area contributed by atoms with Crippen molar-refractivity contribution in [2.75, 3.05) is 0 Å². The van der Waals surface area contributed by atoms with Crippen molar-refractivity contribution < 1.29 is 15.0 Å². The third-order valence-electron chi connectivity index (χ3n) is 5.46. The number of hydrogen-bond acceptors (Lipinski definition) is 5. The van der Waals surface area contributed by atoms with Crippen LogP contribution in [-0.2, 0) is 11.3 Å². The van der Waals surface area contributed by atoms with Crippen LogP contribution in [0.2, 0.25) is 0 Å². The molecule has 1 fully saturated rings. The van der Waals surface area contributed by atoms with Gasteiger partial charge in [-0.05, 0) is 24.7 Å². The number of carbonyl (C=O) groups excluding carboxylic acids is 1. The lowest BCUT2D eigenvalue weighted by atomic mass is 9.82. The van der Waals surface area contributed by atoms with Crippen LogP contribution in [0.3, 0.4) is 0 Å². The van der Waals surface area contributed by atoms with Crippen molar-refractivity contribution in [3.8, 4) is 0 Å². The largest absolute Gasteiger partial charge is 0.390 e. The molecule has 1 aliphatic carbocycles. The molecule has 0 radical (unpaired) electrons. The van der Waals surface area contributed by atoms with E-state index in [4.69, 9.17) is 5.73 Å². The second-order valence-corrected chi connectivity index (χ2v) is 8.41. The van der Waals surface area contributed by atoms with Crippen LogP contribution in [-0.4, -0.2) is 50.0 Å². The summed E-state index contributed by atoms with van der Waals surface area (Å²) in [5.74, 6) is 0.430. The van der Waals surface area contributed by atoms with E-state index in [0.717, 1.165) is 12.8 Å². The summed E-state index contributed by atoms with van der Waals surface area (Å²) < 4.78 is 1.75. The molecular formula is C20H36N4O3. The second kappa shape index (κ2) is 10.8. The molecule has 0 spiro atoms. The number of nitrogens with zero attached hydrogens (tertiary/aromatic N) is 2. The van der Waals surface area contributed by atoms with Gasteiger partial charge in [-0.2, -0.15) is 0 Å². The third-order valence-corrected chi connectivity index (χ3v) is 5.46. The van der Waals surface area contributed by atoms with Gasteiger partial charge in [-0.25, -0.2) is 4.98 Å². The van der Waals surface area contributed by atoms with Gasteiger partial charge in [-0.1, -0.05) is 46.0 Å². The Hall–Kier alpha value is -1.44. The summed E-state index contributed by atoms with van der Waals surface area (Å²) in [6.07, 6.45) is 10.2. The van der Waals surface area contributed by atoms with Crippen LogP contribution in [0.5, 0.6) is 0 Å². The van der Waals surface area contributed by atoms with Crippen molar-refractivity contribution in [3.63, 3.8) is 0 Å². The van der Waals surface area contributed by atoms with Gasteiger partial charge in [0, 0.05) is 18.9 Å². The summed E-state index contributed by atoms with van der Waals surface area (Å²) in [4.78, 5) is 16.6. The molecule has 0 aliphatic heterocycles. The molecule has 1 aliphatic rings. The van der Waals surface area contributed by atoms with E-state index >= 15 is 0 Å². The third kappa shape index (κ3) is 7.24. The highest BCUT2D eigenvalue weighted by molar-refractivity contribution is 5.81. The van der Waals surface area contributed by atoms with E-state index in [2.05, 4.69) is 10.3 Å². The SMILES string of the molecule is CC(C)C[C@H](O)[C@H](O)[C@H](CC1CCCCC1)NC(=O)[C@@H](N)Cn1ccnc1. The maximum absolute atomic E-state index is 12.6. The number of rotatable bonds is 10. The highest BCUT2D eigenvalue weighted by Crippen LogP contribution is 2.29. The lowest BCUT2D eigenvalue weighted by molar-refractivity contribution is -0.125. The molecule has 154 valence electrons. The number of amides is 1. The zero-order chi connectivity index (χ0) is 19.8. The van der Waals surface area contributed by atoms with Crippen LogP contribution in [0.1, 0.15) is 58.8 Å². The Balaban J connectivity index is 1.99. The molecule has 0 bridgehead atoms. The van der Waals surface area contributed by atoms with E-state index in [0.29, 0.717) is 25.3 Å². The van der Waals surface area contributed by atoms with Gasteiger partial charge in [0.05, 0.1) is 18.5 Å². The normalized spacial score (nSPS) is 20.2. The van der Waals surface area contributed by atoms with Gasteiger partial charge in [-0.15, -0.1) is 0 Å². The van der Waals surface area contributed by atoms with Crippen LogP contribution in [0.15, 0.2) is 18.7 Å². The van der Waals surface area contributed by atoms with E-state index < -0.39 is 24.3 Å². The quantitative estimate of drug-likeness (QED) is 0.490. The van der Waals surface area contributed by atoms with Crippen molar-refractivity contribution in [1.82, 2.24) is 14.9 Å². The van der Waals surface area contributed by atoms with Crippen LogP contribution in [0.25, 0.3) is 0 Å². The molecule has 0 saturated heterocycles. The molecule has 1 aromatic heterocycles. The number of aliphatic hydroxyl groups excluding tert-OH is 2. The summed E-state index contributed by atoms with van der Waals surface area (Å²) in [7, 11) is 0. The van der Waals surface area contributed by atoms with Crippen molar-refractivity contribution >= 4 is 5.91 Å². The average molecular weight is 381 g/mol. The van der Waals surface area contributed by atoms with Crippen LogP contribution < -0.4 is 11.1 Å². The molecule has 7 nitrogen and oxygen atoms in total. The van der Waals surface area contributed by atoms with E-state index in [1.165, 1.54) is 19.3 Å². The Kier molecular flexibility index (Phi) is 8.73. The molecule has 2 rings (SSSR count).